The van der Waals surface area contributed by atoms with Gasteiger partial charge in [0, 0.05) is 11.4 Å². The van der Waals surface area contributed by atoms with Gasteiger partial charge in [-0.3, -0.25) is 14.6 Å². The van der Waals surface area contributed by atoms with Crippen LogP contribution in [0.4, 0.5) is 5.69 Å². The van der Waals surface area contributed by atoms with Crippen LogP contribution in [-0.4, -0.2) is 28.9 Å². The lowest BCUT2D eigenvalue weighted by Gasteiger charge is -2.24. The van der Waals surface area contributed by atoms with E-state index >= 15 is 0 Å². The Balaban J connectivity index is 2.04. The number of carbonyl (C=O) groups is 2. The SMILES string of the molecule is Cc1nc2ccccc2c(C(=O)NC2CCCCC2)c1NC(=O)C(C)N. The van der Waals surface area contributed by atoms with Gasteiger partial charge in [0.25, 0.3) is 5.91 Å². The maximum Gasteiger partial charge on any atom is 0.254 e. The van der Waals surface area contributed by atoms with Crippen LogP contribution in [0.1, 0.15) is 55.1 Å². The number of benzene rings is 1. The Morgan fingerprint density at radius 1 is 1.19 bits per heavy atom. The predicted molar refractivity (Wildman–Crippen MR) is 103 cm³/mol. The molecule has 1 fully saturated rings. The summed E-state index contributed by atoms with van der Waals surface area (Å²) in [5.41, 5.74) is 7.94. The number of fused-ring (bicyclic) bond motifs is 1. The second kappa shape index (κ2) is 7.83. The molecule has 2 amide bonds. The first-order chi connectivity index (χ1) is 12.5. The van der Waals surface area contributed by atoms with Gasteiger partial charge in [-0.15, -0.1) is 0 Å². The highest BCUT2D eigenvalue weighted by atomic mass is 16.2. The van der Waals surface area contributed by atoms with Gasteiger partial charge in [0.05, 0.1) is 28.5 Å². The number of nitrogens with two attached hydrogens (primary N) is 1. The summed E-state index contributed by atoms with van der Waals surface area (Å²) < 4.78 is 0. The van der Waals surface area contributed by atoms with Crippen molar-refractivity contribution in [1.82, 2.24) is 10.3 Å². The van der Waals surface area contributed by atoms with Crippen molar-refractivity contribution in [3.8, 4) is 0 Å². The zero-order chi connectivity index (χ0) is 18.7. The number of hydrogen-bond donors (Lipinski definition) is 3. The molecule has 1 saturated carbocycles. The smallest absolute Gasteiger partial charge is 0.254 e. The molecule has 1 unspecified atom stereocenters. The molecule has 1 aromatic heterocycles. The van der Waals surface area contributed by atoms with E-state index in [1.807, 2.05) is 24.3 Å². The lowest BCUT2D eigenvalue weighted by Crippen LogP contribution is -2.38. The number of carbonyl (C=O) groups excluding carboxylic acids is 2. The van der Waals surface area contributed by atoms with E-state index in [-0.39, 0.29) is 17.9 Å². The van der Waals surface area contributed by atoms with Crippen LogP contribution >= 0.6 is 0 Å². The Hall–Kier alpha value is -2.47. The standard InChI is InChI=1S/C20H26N4O2/c1-12(21)19(25)24-18-13(2)22-16-11-7-6-10-15(16)17(18)20(26)23-14-8-4-3-5-9-14/h6-7,10-12,14H,3-5,8-9,21H2,1-2H3,(H,23,26)(H,24,25). The molecule has 4 N–H and O–H groups in total. The fraction of sp³-hybridized carbons (Fsp3) is 0.450. The Morgan fingerprint density at radius 3 is 2.58 bits per heavy atom. The normalized spacial score (nSPS) is 16.3. The summed E-state index contributed by atoms with van der Waals surface area (Å²) in [4.78, 5) is 29.8. The lowest BCUT2D eigenvalue weighted by atomic mass is 9.95. The Labute approximate surface area is 153 Å². The summed E-state index contributed by atoms with van der Waals surface area (Å²) in [5, 5.41) is 6.68. The first-order valence-corrected chi connectivity index (χ1v) is 9.24. The number of amides is 2. The molecular formula is C20H26N4O2. The first-order valence-electron chi connectivity index (χ1n) is 9.24. The molecule has 138 valence electrons. The van der Waals surface area contributed by atoms with Gasteiger partial charge in [0.1, 0.15) is 0 Å². The molecule has 0 saturated heterocycles. The van der Waals surface area contributed by atoms with Crippen molar-refractivity contribution in [2.75, 3.05) is 5.32 Å². The molecular weight excluding hydrogens is 328 g/mol. The minimum absolute atomic E-state index is 0.168. The largest absolute Gasteiger partial charge is 0.349 e. The van der Waals surface area contributed by atoms with Crippen molar-refractivity contribution < 1.29 is 9.59 Å². The van der Waals surface area contributed by atoms with Crippen molar-refractivity contribution in [3.63, 3.8) is 0 Å². The maximum absolute atomic E-state index is 13.1. The van der Waals surface area contributed by atoms with Gasteiger partial charge < -0.3 is 16.4 Å². The van der Waals surface area contributed by atoms with E-state index in [0.717, 1.165) is 36.6 Å². The van der Waals surface area contributed by atoms with Crippen molar-refractivity contribution in [1.29, 1.82) is 0 Å². The van der Waals surface area contributed by atoms with Crippen LogP contribution in [0.2, 0.25) is 0 Å². The number of pyridine rings is 1. The Morgan fingerprint density at radius 2 is 1.88 bits per heavy atom. The number of nitrogens with zero attached hydrogens (tertiary/aromatic N) is 1. The van der Waals surface area contributed by atoms with Crippen molar-refractivity contribution in [2.24, 2.45) is 5.73 Å². The van der Waals surface area contributed by atoms with Gasteiger partial charge in [-0.1, -0.05) is 37.5 Å². The molecule has 6 heteroatoms. The summed E-state index contributed by atoms with van der Waals surface area (Å²) in [7, 11) is 0. The summed E-state index contributed by atoms with van der Waals surface area (Å²) in [6, 6.07) is 7.00. The zero-order valence-corrected chi connectivity index (χ0v) is 15.3. The van der Waals surface area contributed by atoms with Crippen LogP contribution in [0.15, 0.2) is 24.3 Å². The van der Waals surface area contributed by atoms with E-state index in [2.05, 4.69) is 15.6 Å². The molecule has 0 radical (unpaired) electrons. The van der Waals surface area contributed by atoms with E-state index in [9.17, 15) is 9.59 Å². The van der Waals surface area contributed by atoms with E-state index in [1.54, 1.807) is 13.8 Å². The fourth-order valence-corrected chi connectivity index (χ4v) is 3.47. The van der Waals surface area contributed by atoms with Gasteiger partial charge in [-0.05, 0) is 32.8 Å². The highest BCUT2D eigenvalue weighted by Gasteiger charge is 2.24. The molecule has 1 aliphatic carbocycles. The fourth-order valence-electron chi connectivity index (χ4n) is 3.47. The Kier molecular flexibility index (Phi) is 5.52. The number of rotatable bonds is 4. The molecule has 26 heavy (non-hydrogen) atoms. The highest BCUT2D eigenvalue weighted by molar-refractivity contribution is 6.13. The number of nitrogens with one attached hydrogen (secondary N) is 2. The van der Waals surface area contributed by atoms with E-state index < -0.39 is 6.04 Å². The topological polar surface area (TPSA) is 97.1 Å². The van der Waals surface area contributed by atoms with Gasteiger partial charge in [0.15, 0.2) is 0 Å². The van der Waals surface area contributed by atoms with Crippen LogP contribution in [-0.2, 0) is 4.79 Å². The third-order valence-corrected chi connectivity index (χ3v) is 4.90. The lowest BCUT2D eigenvalue weighted by molar-refractivity contribution is -0.117. The van der Waals surface area contributed by atoms with Crippen LogP contribution in [0, 0.1) is 6.92 Å². The first kappa shape index (κ1) is 18.3. The summed E-state index contributed by atoms with van der Waals surface area (Å²) in [6.07, 6.45) is 5.48. The van der Waals surface area contributed by atoms with E-state index in [1.165, 1.54) is 6.42 Å². The van der Waals surface area contributed by atoms with Gasteiger partial charge in [-0.25, -0.2) is 0 Å². The maximum atomic E-state index is 13.1. The minimum Gasteiger partial charge on any atom is -0.349 e. The third kappa shape index (κ3) is 3.85. The molecule has 1 aromatic carbocycles. The summed E-state index contributed by atoms with van der Waals surface area (Å²) in [6.45, 7) is 3.40. The molecule has 3 rings (SSSR count). The monoisotopic (exact) mass is 354 g/mol. The molecule has 1 aliphatic rings. The third-order valence-electron chi connectivity index (χ3n) is 4.90. The van der Waals surface area contributed by atoms with Crippen LogP contribution < -0.4 is 16.4 Å². The molecule has 0 spiro atoms. The Bertz CT molecular complexity index is 826. The molecule has 6 nitrogen and oxygen atoms in total. The highest BCUT2D eigenvalue weighted by Crippen LogP contribution is 2.28. The number of hydrogen-bond acceptors (Lipinski definition) is 4. The number of anilines is 1. The van der Waals surface area contributed by atoms with Crippen LogP contribution in [0.3, 0.4) is 0 Å². The zero-order valence-electron chi connectivity index (χ0n) is 15.3. The average Bonchev–Trinajstić information content (AvgIpc) is 2.62. The van der Waals surface area contributed by atoms with Gasteiger partial charge in [0.2, 0.25) is 5.91 Å². The van der Waals surface area contributed by atoms with Crippen LogP contribution in [0.5, 0.6) is 0 Å². The second-order valence-electron chi connectivity index (χ2n) is 7.05. The molecule has 0 aliphatic heterocycles. The van der Waals surface area contributed by atoms with Gasteiger partial charge in [-0.2, -0.15) is 0 Å². The summed E-state index contributed by atoms with van der Waals surface area (Å²) >= 11 is 0. The number of para-hydroxylation sites is 1. The predicted octanol–water partition coefficient (Wildman–Crippen LogP) is 2.89. The number of aryl methyl sites for hydroxylation is 1. The second-order valence-corrected chi connectivity index (χ2v) is 7.05. The molecule has 0 bridgehead atoms. The van der Waals surface area contributed by atoms with Crippen molar-refractivity contribution >= 4 is 28.4 Å². The molecule has 2 aromatic rings. The van der Waals surface area contributed by atoms with E-state index in [4.69, 9.17) is 5.73 Å². The quantitative estimate of drug-likeness (QED) is 0.786. The van der Waals surface area contributed by atoms with E-state index in [0.29, 0.717) is 16.9 Å². The summed E-state index contributed by atoms with van der Waals surface area (Å²) in [5.74, 6) is -0.504. The average molecular weight is 354 g/mol. The number of aromatic nitrogens is 1. The minimum atomic E-state index is -0.671. The molecule has 1 atom stereocenters. The van der Waals surface area contributed by atoms with Crippen molar-refractivity contribution in [3.05, 3.63) is 35.5 Å². The van der Waals surface area contributed by atoms with Crippen LogP contribution in [0.25, 0.3) is 10.9 Å². The van der Waals surface area contributed by atoms with Crippen molar-refractivity contribution in [2.45, 2.75) is 58.0 Å². The van der Waals surface area contributed by atoms with Gasteiger partial charge >= 0.3 is 0 Å². The molecule has 1 heterocycles.